The Morgan fingerprint density at radius 3 is 2.73 bits per heavy atom. The van der Waals surface area contributed by atoms with Crippen molar-refractivity contribution >= 4 is 30.7 Å². The Morgan fingerprint density at radius 2 is 2.18 bits per heavy atom. The van der Waals surface area contributed by atoms with Crippen molar-refractivity contribution in [1.29, 1.82) is 0 Å². The van der Waals surface area contributed by atoms with Gasteiger partial charge < -0.3 is 15.1 Å². The summed E-state index contributed by atoms with van der Waals surface area (Å²) in [7, 11) is -1.75. The van der Waals surface area contributed by atoms with Gasteiger partial charge >= 0.3 is 0 Å². The highest BCUT2D eigenvalue weighted by Crippen LogP contribution is 2.38. The summed E-state index contributed by atoms with van der Waals surface area (Å²) in [6, 6.07) is 0. The van der Waals surface area contributed by atoms with Gasteiger partial charge in [-0.2, -0.15) is 0 Å². The van der Waals surface area contributed by atoms with Crippen molar-refractivity contribution in [3.8, 4) is 0 Å². The normalized spacial score (nSPS) is 20.2. The minimum Gasteiger partial charge on any atom is -0.412 e. The highest BCUT2D eigenvalue weighted by Gasteiger charge is 2.40. The van der Waals surface area contributed by atoms with Crippen LogP contribution >= 0.6 is 11.3 Å². The molecule has 1 aliphatic rings. The molecule has 1 aromatic heterocycles. The molecule has 2 N–H and O–H groups in total. The van der Waals surface area contributed by atoms with Crippen LogP contribution in [0.1, 0.15) is 44.1 Å². The lowest BCUT2D eigenvalue weighted by atomic mass is 10.1. The van der Waals surface area contributed by atoms with Gasteiger partial charge in [0.15, 0.2) is 13.4 Å². The third-order valence-corrected chi connectivity index (χ3v) is 10.1. The fourth-order valence-corrected chi connectivity index (χ4v) is 4.56. The summed E-state index contributed by atoms with van der Waals surface area (Å²) in [5.41, 5.74) is 5.64. The van der Waals surface area contributed by atoms with Crippen molar-refractivity contribution in [3.05, 3.63) is 11.1 Å². The Kier molecular flexibility index (Phi) is 4.99. The standard InChI is InChI=1S/C15H27N3O2SSi/c1-15(2,3)22(4,5)20-11-7-6-8-18(9-11)14-17-12(10-21-14)13(16)19/h10-11H,6-9H2,1-5H3,(H2,16,19)/t11-/m1/s1. The predicted octanol–water partition coefficient (Wildman–Crippen LogP) is 3.23. The summed E-state index contributed by atoms with van der Waals surface area (Å²) in [6.07, 6.45) is 2.43. The molecule has 0 unspecified atom stereocenters. The molecule has 1 fully saturated rings. The molecule has 0 spiro atoms. The van der Waals surface area contributed by atoms with Crippen LogP contribution in [0.25, 0.3) is 0 Å². The second-order valence-corrected chi connectivity index (χ2v) is 13.1. The van der Waals surface area contributed by atoms with Crippen molar-refractivity contribution < 1.29 is 9.22 Å². The van der Waals surface area contributed by atoms with E-state index < -0.39 is 14.2 Å². The third kappa shape index (κ3) is 3.88. The number of anilines is 1. The number of piperidine rings is 1. The minimum atomic E-state index is -1.75. The number of carbonyl (C=O) groups is 1. The predicted molar refractivity (Wildman–Crippen MR) is 94.1 cm³/mol. The number of carbonyl (C=O) groups excluding carboxylic acids is 1. The Hall–Kier alpha value is -0.923. The van der Waals surface area contributed by atoms with Crippen LogP contribution < -0.4 is 10.6 Å². The number of amides is 1. The molecule has 1 atom stereocenters. The van der Waals surface area contributed by atoms with Crippen LogP contribution in [0.5, 0.6) is 0 Å². The van der Waals surface area contributed by atoms with Crippen molar-refractivity contribution in [2.75, 3.05) is 18.0 Å². The highest BCUT2D eigenvalue weighted by atomic mass is 32.1. The van der Waals surface area contributed by atoms with Gasteiger partial charge in [-0.1, -0.05) is 20.8 Å². The first-order valence-electron chi connectivity index (χ1n) is 7.78. The molecule has 7 heteroatoms. The number of thiazole rings is 1. The van der Waals surface area contributed by atoms with Gasteiger partial charge in [-0.05, 0) is 31.0 Å². The van der Waals surface area contributed by atoms with Crippen LogP contribution in [0.2, 0.25) is 18.1 Å². The minimum absolute atomic E-state index is 0.218. The maximum Gasteiger partial charge on any atom is 0.268 e. The lowest BCUT2D eigenvalue weighted by Crippen LogP contribution is -2.49. The van der Waals surface area contributed by atoms with E-state index >= 15 is 0 Å². The monoisotopic (exact) mass is 341 g/mol. The van der Waals surface area contributed by atoms with E-state index in [4.69, 9.17) is 10.2 Å². The number of aromatic nitrogens is 1. The van der Waals surface area contributed by atoms with Gasteiger partial charge in [0, 0.05) is 18.5 Å². The molecule has 1 aromatic rings. The van der Waals surface area contributed by atoms with E-state index in [1.807, 2.05) is 0 Å². The van der Waals surface area contributed by atoms with Crippen LogP contribution in [-0.2, 0) is 4.43 Å². The number of hydrogen-bond donors (Lipinski definition) is 1. The van der Waals surface area contributed by atoms with Gasteiger partial charge in [-0.15, -0.1) is 11.3 Å². The highest BCUT2D eigenvalue weighted by molar-refractivity contribution is 7.13. The molecule has 2 rings (SSSR count). The zero-order chi connectivity index (χ0) is 16.5. The first-order chi connectivity index (χ1) is 10.1. The Labute approximate surface area is 138 Å². The fraction of sp³-hybridized carbons (Fsp3) is 0.733. The summed E-state index contributed by atoms with van der Waals surface area (Å²) in [4.78, 5) is 17.7. The number of hydrogen-bond acceptors (Lipinski definition) is 5. The van der Waals surface area contributed by atoms with Crippen molar-refractivity contribution in [3.63, 3.8) is 0 Å². The van der Waals surface area contributed by atoms with Gasteiger partial charge in [-0.25, -0.2) is 4.98 Å². The molecule has 0 radical (unpaired) electrons. The van der Waals surface area contributed by atoms with Gasteiger partial charge in [0.25, 0.3) is 5.91 Å². The average Bonchev–Trinajstić information content (AvgIpc) is 2.86. The third-order valence-electron chi connectivity index (χ3n) is 4.66. The fourth-order valence-electron chi connectivity index (χ4n) is 2.32. The first-order valence-corrected chi connectivity index (χ1v) is 11.6. The zero-order valence-corrected chi connectivity index (χ0v) is 16.0. The summed E-state index contributed by atoms with van der Waals surface area (Å²) in [5, 5.41) is 2.82. The van der Waals surface area contributed by atoms with Crippen molar-refractivity contribution in [2.24, 2.45) is 5.73 Å². The van der Waals surface area contributed by atoms with Gasteiger partial charge in [0.05, 0.1) is 6.10 Å². The van der Waals surface area contributed by atoms with E-state index in [-0.39, 0.29) is 11.1 Å². The van der Waals surface area contributed by atoms with Gasteiger partial charge in [-0.3, -0.25) is 4.79 Å². The summed E-state index contributed by atoms with van der Waals surface area (Å²) in [6.45, 7) is 13.2. The second-order valence-electron chi connectivity index (χ2n) is 7.47. The largest absolute Gasteiger partial charge is 0.412 e. The number of nitrogens with two attached hydrogens (primary N) is 1. The molecular formula is C15H27N3O2SSi. The topological polar surface area (TPSA) is 68.4 Å². The molecule has 0 saturated carbocycles. The van der Waals surface area contributed by atoms with E-state index in [0.29, 0.717) is 5.69 Å². The van der Waals surface area contributed by atoms with Crippen LogP contribution in [0.15, 0.2) is 5.38 Å². The van der Waals surface area contributed by atoms with Crippen LogP contribution in [0.3, 0.4) is 0 Å². The molecule has 2 heterocycles. The first kappa shape index (κ1) is 17.4. The molecule has 0 bridgehead atoms. The zero-order valence-electron chi connectivity index (χ0n) is 14.2. The molecule has 5 nitrogen and oxygen atoms in total. The maximum absolute atomic E-state index is 11.2. The summed E-state index contributed by atoms with van der Waals surface area (Å²) < 4.78 is 6.53. The molecule has 1 saturated heterocycles. The Balaban J connectivity index is 2.04. The summed E-state index contributed by atoms with van der Waals surface area (Å²) >= 11 is 1.48. The van der Waals surface area contributed by atoms with Crippen molar-refractivity contribution in [1.82, 2.24) is 4.98 Å². The Bertz CT molecular complexity index is 539. The summed E-state index contributed by atoms with van der Waals surface area (Å²) in [5.74, 6) is -0.464. The molecular weight excluding hydrogens is 314 g/mol. The molecule has 0 aliphatic carbocycles. The number of rotatable bonds is 4. The van der Waals surface area contributed by atoms with Crippen LogP contribution in [-0.4, -0.2) is 38.4 Å². The van der Waals surface area contributed by atoms with Gasteiger partial charge in [0.1, 0.15) is 5.69 Å². The lowest BCUT2D eigenvalue weighted by Gasteiger charge is -2.42. The maximum atomic E-state index is 11.2. The average molecular weight is 342 g/mol. The van der Waals surface area contributed by atoms with Crippen molar-refractivity contribution in [2.45, 2.75) is 57.8 Å². The van der Waals surface area contributed by atoms with E-state index in [2.05, 4.69) is 43.7 Å². The smallest absolute Gasteiger partial charge is 0.268 e. The molecule has 22 heavy (non-hydrogen) atoms. The lowest BCUT2D eigenvalue weighted by molar-refractivity contribution is 0.0996. The molecule has 124 valence electrons. The molecule has 1 aliphatic heterocycles. The quantitative estimate of drug-likeness (QED) is 0.854. The van der Waals surface area contributed by atoms with Crippen LogP contribution in [0, 0.1) is 0 Å². The van der Waals surface area contributed by atoms with Gasteiger partial charge in [0.2, 0.25) is 0 Å². The molecule has 1 amide bonds. The number of nitrogens with zero attached hydrogens (tertiary/aromatic N) is 2. The van der Waals surface area contributed by atoms with E-state index in [9.17, 15) is 4.79 Å². The van der Waals surface area contributed by atoms with Crippen LogP contribution in [0.4, 0.5) is 5.13 Å². The van der Waals surface area contributed by atoms with E-state index in [0.717, 1.165) is 31.1 Å². The second kappa shape index (κ2) is 6.29. The Morgan fingerprint density at radius 1 is 1.50 bits per heavy atom. The molecule has 0 aromatic carbocycles. The SMILES string of the molecule is CC(C)(C)[Si](C)(C)O[C@@H]1CCCN(c2nc(C(N)=O)cs2)C1. The number of primary amides is 1. The van der Waals surface area contributed by atoms with E-state index in [1.54, 1.807) is 5.38 Å². The van der Waals surface area contributed by atoms with E-state index in [1.165, 1.54) is 11.3 Å².